The van der Waals surface area contributed by atoms with E-state index in [1.807, 2.05) is 44.2 Å². The number of hydrogen-bond acceptors (Lipinski definition) is 3. The zero-order valence-electron chi connectivity index (χ0n) is 14.3. The van der Waals surface area contributed by atoms with Gasteiger partial charge in [0.25, 0.3) is 0 Å². The van der Waals surface area contributed by atoms with Gasteiger partial charge in [-0.05, 0) is 38.0 Å². The van der Waals surface area contributed by atoms with E-state index in [2.05, 4.69) is 0 Å². The summed E-state index contributed by atoms with van der Waals surface area (Å²) in [6.07, 6.45) is 2.00. The summed E-state index contributed by atoms with van der Waals surface area (Å²) in [6, 6.07) is 16.2. The third-order valence-electron chi connectivity index (χ3n) is 4.36. The molecule has 0 aliphatic carbocycles. The van der Waals surface area contributed by atoms with Gasteiger partial charge in [0.1, 0.15) is 5.25 Å². The lowest BCUT2D eigenvalue weighted by Gasteiger charge is -2.30. The lowest BCUT2D eigenvalue weighted by molar-refractivity contribution is -0.129. The van der Waals surface area contributed by atoms with Gasteiger partial charge in [0.05, 0.1) is 11.4 Å². The summed E-state index contributed by atoms with van der Waals surface area (Å²) in [4.78, 5) is 14.6. The van der Waals surface area contributed by atoms with E-state index in [0.29, 0.717) is 6.54 Å². The number of allylic oxidation sites excluding steroid dienone is 1. The predicted octanol–water partition coefficient (Wildman–Crippen LogP) is 3.47. The molecule has 1 unspecified atom stereocenters. The Morgan fingerprint density at radius 1 is 1.00 bits per heavy atom. The fourth-order valence-corrected chi connectivity index (χ4v) is 4.71. The molecule has 0 aromatic heterocycles. The summed E-state index contributed by atoms with van der Waals surface area (Å²) < 4.78 is 26.0. The van der Waals surface area contributed by atoms with E-state index in [9.17, 15) is 13.2 Å². The Morgan fingerprint density at radius 3 is 2.28 bits per heavy atom. The number of amides is 1. The summed E-state index contributed by atoms with van der Waals surface area (Å²) in [7, 11) is -3.72. The highest BCUT2D eigenvalue weighted by Gasteiger charge is 2.39. The van der Waals surface area contributed by atoms with Crippen molar-refractivity contribution in [1.82, 2.24) is 4.90 Å². The minimum Gasteiger partial charge on any atom is -0.314 e. The number of aryl methyl sites for hydroxylation is 1. The molecule has 1 aliphatic heterocycles. The van der Waals surface area contributed by atoms with Crippen molar-refractivity contribution in [2.75, 3.05) is 0 Å². The van der Waals surface area contributed by atoms with E-state index >= 15 is 0 Å². The number of carbonyl (C=O) groups excluding carboxylic acids is 1. The molecule has 0 saturated heterocycles. The number of rotatable bonds is 4. The van der Waals surface area contributed by atoms with Crippen LogP contribution in [-0.2, 0) is 21.2 Å². The van der Waals surface area contributed by atoms with Gasteiger partial charge in [-0.1, -0.05) is 53.6 Å². The van der Waals surface area contributed by atoms with Gasteiger partial charge in [-0.3, -0.25) is 4.79 Å². The second kappa shape index (κ2) is 6.84. The predicted molar refractivity (Wildman–Crippen MR) is 97.5 cm³/mol. The van der Waals surface area contributed by atoms with Crippen molar-refractivity contribution in [3.05, 3.63) is 77.5 Å². The standard InChI is InChI=1S/C20H21NO3S/c1-15-8-10-18(11-9-15)25(23,24)19-12-16(2)13-21(20(19)22)14-17-6-4-3-5-7-17/h3-11,13,19H,12,14H2,1-2H3. The Balaban J connectivity index is 1.91. The van der Waals surface area contributed by atoms with Crippen LogP contribution >= 0.6 is 0 Å². The van der Waals surface area contributed by atoms with E-state index in [-0.39, 0.29) is 17.2 Å². The van der Waals surface area contributed by atoms with Crippen molar-refractivity contribution in [2.24, 2.45) is 0 Å². The fourth-order valence-electron chi connectivity index (χ4n) is 2.99. The Hall–Kier alpha value is -2.40. The molecule has 2 aromatic carbocycles. The van der Waals surface area contributed by atoms with Crippen LogP contribution in [0.3, 0.4) is 0 Å². The fraction of sp³-hybridized carbons (Fsp3) is 0.250. The Labute approximate surface area is 148 Å². The summed E-state index contributed by atoms with van der Waals surface area (Å²) in [5, 5.41) is -1.07. The number of nitrogens with zero attached hydrogens (tertiary/aromatic N) is 1. The van der Waals surface area contributed by atoms with Crippen molar-refractivity contribution in [1.29, 1.82) is 0 Å². The molecule has 1 heterocycles. The lowest BCUT2D eigenvalue weighted by atomic mass is 10.1. The normalized spacial score (nSPS) is 18.2. The molecule has 0 N–H and O–H groups in total. The number of carbonyl (C=O) groups is 1. The van der Waals surface area contributed by atoms with E-state index in [1.54, 1.807) is 30.5 Å². The third kappa shape index (κ3) is 3.66. The summed E-state index contributed by atoms with van der Waals surface area (Å²) in [5.41, 5.74) is 2.83. The topological polar surface area (TPSA) is 54.5 Å². The maximum atomic E-state index is 13.0. The number of hydrogen-bond donors (Lipinski definition) is 0. The zero-order valence-corrected chi connectivity index (χ0v) is 15.2. The minimum atomic E-state index is -3.72. The number of benzene rings is 2. The monoisotopic (exact) mass is 355 g/mol. The molecule has 1 atom stereocenters. The van der Waals surface area contributed by atoms with Gasteiger partial charge < -0.3 is 4.90 Å². The van der Waals surface area contributed by atoms with Crippen LogP contribution in [0.4, 0.5) is 0 Å². The molecule has 1 aliphatic rings. The van der Waals surface area contributed by atoms with Crippen LogP contribution in [0.1, 0.15) is 24.5 Å². The second-order valence-electron chi connectivity index (χ2n) is 6.48. The number of sulfone groups is 1. The molecule has 5 heteroatoms. The van der Waals surface area contributed by atoms with Crippen LogP contribution in [0.5, 0.6) is 0 Å². The van der Waals surface area contributed by atoms with Crippen molar-refractivity contribution < 1.29 is 13.2 Å². The van der Waals surface area contributed by atoms with E-state index in [1.165, 1.54) is 4.90 Å². The van der Waals surface area contributed by atoms with E-state index < -0.39 is 15.1 Å². The highest BCUT2D eigenvalue weighted by molar-refractivity contribution is 7.92. The molecule has 130 valence electrons. The molecule has 0 bridgehead atoms. The Morgan fingerprint density at radius 2 is 1.64 bits per heavy atom. The maximum Gasteiger partial charge on any atom is 0.245 e. The molecule has 0 saturated carbocycles. The Bertz CT molecular complexity index is 900. The molecule has 25 heavy (non-hydrogen) atoms. The van der Waals surface area contributed by atoms with Gasteiger partial charge in [0, 0.05) is 6.20 Å². The molecule has 0 spiro atoms. The van der Waals surface area contributed by atoms with Crippen LogP contribution in [0.25, 0.3) is 0 Å². The zero-order chi connectivity index (χ0) is 18.0. The molecule has 2 aromatic rings. The first-order valence-electron chi connectivity index (χ1n) is 8.20. The van der Waals surface area contributed by atoms with Crippen LogP contribution in [-0.4, -0.2) is 24.5 Å². The first-order chi connectivity index (χ1) is 11.9. The summed E-state index contributed by atoms with van der Waals surface area (Å²) in [6.45, 7) is 4.13. The van der Waals surface area contributed by atoms with Gasteiger partial charge in [-0.25, -0.2) is 8.42 Å². The molecule has 0 fully saturated rings. The van der Waals surface area contributed by atoms with Crippen LogP contribution in [0.15, 0.2) is 71.3 Å². The van der Waals surface area contributed by atoms with Crippen LogP contribution in [0.2, 0.25) is 0 Å². The van der Waals surface area contributed by atoms with Gasteiger partial charge >= 0.3 is 0 Å². The minimum absolute atomic E-state index is 0.200. The summed E-state index contributed by atoms with van der Waals surface area (Å²) >= 11 is 0. The first kappa shape index (κ1) is 17.4. The molecule has 3 rings (SSSR count). The molecule has 0 radical (unpaired) electrons. The summed E-state index contributed by atoms with van der Waals surface area (Å²) in [5.74, 6) is -0.366. The van der Waals surface area contributed by atoms with Crippen LogP contribution < -0.4 is 0 Å². The molecular weight excluding hydrogens is 334 g/mol. The van der Waals surface area contributed by atoms with Crippen molar-refractivity contribution >= 4 is 15.7 Å². The van der Waals surface area contributed by atoms with Gasteiger partial charge in [-0.15, -0.1) is 0 Å². The van der Waals surface area contributed by atoms with Crippen molar-refractivity contribution in [2.45, 2.75) is 37.0 Å². The van der Waals surface area contributed by atoms with E-state index in [4.69, 9.17) is 0 Å². The smallest absolute Gasteiger partial charge is 0.245 e. The van der Waals surface area contributed by atoms with Gasteiger partial charge in [-0.2, -0.15) is 0 Å². The largest absolute Gasteiger partial charge is 0.314 e. The average molecular weight is 355 g/mol. The van der Waals surface area contributed by atoms with Crippen LogP contribution in [0, 0.1) is 6.92 Å². The van der Waals surface area contributed by atoms with Gasteiger partial charge in [0.15, 0.2) is 9.84 Å². The quantitative estimate of drug-likeness (QED) is 0.844. The van der Waals surface area contributed by atoms with Gasteiger partial charge in [0.2, 0.25) is 5.91 Å². The van der Waals surface area contributed by atoms with Crippen molar-refractivity contribution in [3.8, 4) is 0 Å². The van der Waals surface area contributed by atoms with E-state index in [0.717, 1.165) is 16.7 Å². The lowest BCUT2D eigenvalue weighted by Crippen LogP contribution is -2.43. The third-order valence-corrected chi connectivity index (χ3v) is 6.41. The first-order valence-corrected chi connectivity index (χ1v) is 9.75. The molecule has 1 amide bonds. The Kier molecular flexibility index (Phi) is 4.77. The van der Waals surface area contributed by atoms with Crippen molar-refractivity contribution in [3.63, 3.8) is 0 Å². The molecule has 4 nitrogen and oxygen atoms in total. The average Bonchev–Trinajstić information content (AvgIpc) is 2.59. The highest BCUT2D eigenvalue weighted by atomic mass is 32.2. The second-order valence-corrected chi connectivity index (χ2v) is 8.61. The SMILES string of the molecule is CC1=CN(Cc2ccccc2)C(=O)C(S(=O)(=O)c2ccc(C)cc2)C1. The molecular formula is C20H21NO3S. The highest BCUT2D eigenvalue weighted by Crippen LogP contribution is 2.28. The maximum absolute atomic E-state index is 13.0.